The molecule has 3 atom stereocenters. The van der Waals surface area contributed by atoms with Gasteiger partial charge in [0.2, 0.25) is 0 Å². The van der Waals surface area contributed by atoms with Crippen LogP contribution in [0.5, 0.6) is 0 Å². The normalized spacial score (nSPS) is 24.3. The monoisotopic (exact) mass is 349 g/mol. The lowest BCUT2D eigenvalue weighted by Gasteiger charge is -2.40. The van der Waals surface area contributed by atoms with Crippen molar-refractivity contribution in [3.8, 4) is 0 Å². The Kier molecular flexibility index (Phi) is 6.87. The largest absolute Gasteiger partial charge is 0.392 e. The summed E-state index contributed by atoms with van der Waals surface area (Å²) in [7, 11) is 0. The van der Waals surface area contributed by atoms with Gasteiger partial charge in [-0.1, -0.05) is 13.8 Å². The number of carbonyl (C=O) groups is 1. The van der Waals surface area contributed by atoms with Crippen molar-refractivity contribution in [3.05, 3.63) is 24.3 Å². The highest BCUT2D eigenvalue weighted by atomic mass is 16.3. The van der Waals surface area contributed by atoms with Crippen LogP contribution in [0.1, 0.15) is 63.7 Å². The third-order valence-corrected chi connectivity index (χ3v) is 4.52. The average molecular weight is 349 g/mol. The molecule has 1 amide bonds. The summed E-state index contributed by atoms with van der Waals surface area (Å²) in [4.78, 5) is 19.8. The molecular formula is C18H31N5O2. The van der Waals surface area contributed by atoms with E-state index < -0.39 is 0 Å². The molecule has 1 aromatic rings. The highest BCUT2D eigenvalue weighted by molar-refractivity contribution is 5.93. The zero-order valence-electron chi connectivity index (χ0n) is 15.6. The summed E-state index contributed by atoms with van der Waals surface area (Å²) in [5, 5.41) is 13.9. The molecule has 0 aliphatic heterocycles. The van der Waals surface area contributed by atoms with Crippen LogP contribution in [0.2, 0.25) is 0 Å². The second kappa shape index (κ2) is 8.69. The van der Waals surface area contributed by atoms with Crippen molar-refractivity contribution in [3.63, 3.8) is 0 Å². The van der Waals surface area contributed by atoms with Gasteiger partial charge in [-0.25, -0.2) is 15.4 Å². The lowest BCUT2D eigenvalue weighted by atomic mass is 9.85. The maximum absolute atomic E-state index is 12.1. The molecule has 0 radical (unpaired) electrons. The Labute approximate surface area is 150 Å². The molecule has 1 aliphatic rings. The molecule has 0 saturated heterocycles. The van der Waals surface area contributed by atoms with Gasteiger partial charge in [0, 0.05) is 30.0 Å². The fraction of sp³-hybridized carbons (Fsp3) is 0.722. The molecule has 0 bridgehead atoms. The molecule has 1 fully saturated rings. The first-order valence-corrected chi connectivity index (χ1v) is 9.03. The average Bonchev–Trinajstić information content (AvgIpc) is 2.54. The van der Waals surface area contributed by atoms with E-state index in [1.165, 1.54) is 18.7 Å². The summed E-state index contributed by atoms with van der Waals surface area (Å²) < 4.78 is 0. The van der Waals surface area contributed by atoms with E-state index in [0.717, 1.165) is 19.3 Å². The highest BCUT2D eigenvalue weighted by Gasteiger charge is 2.33. The van der Waals surface area contributed by atoms with Gasteiger partial charge in [-0.15, -0.1) is 0 Å². The third kappa shape index (κ3) is 6.34. The summed E-state index contributed by atoms with van der Waals surface area (Å²) >= 11 is 0. The number of amides is 1. The van der Waals surface area contributed by atoms with Crippen LogP contribution in [0.25, 0.3) is 0 Å². The molecule has 7 heteroatoms. The van der Waals surface area contributed by atoms with Crippen molar-refractivity contribution < 1.29 is 9.90 Å². The number of nitrogens with one attached hydrogen (secondary N) is 3. The predicted octanol–water partition coefficient (Wildman–Crippen LogP) is 1.41. The van der Waals surface area contributed by atoms with Gasteiger partial charge in [0.05, 0.1) is 11.7 Å². The molecule has 0 unspecified atom stereocenters. The van der Waals surface area contributed by atoms with Gasteiger partial charge in [0.1, 0.15) is 6.33 Å². The molecule has 140 valence electrons. The van der Waals surface area contributed by atoms with Crippen molar-refractivity contribution in [2.45, 2.75) is 77.1 Å². The molecule has 4 N–H and O–H groups in total. The quantitative estimate of drug-likeness (QED) is 0.556. The predicted molar refractivity (Wildman–Crippen MR) is 96.7 cm³/mol. The van der Waals surface area contributed by atoms with E-state index >= 15 is 0 Å². The van der Waals surface area contributed by atoms with E-state index in [0.29, 0.717) is 17.9 Å². The molecule has 1 saturated carbocycles. The summed E-state index contributed by atoms with van der Waals surface area (Å²) in [5.74, 6) is 0.334. The lowest BCUT2D eigenvalue weighted by Crippen LogP contribution is -2.57. The van der Waals surface area contributed by atoms with Crippen molar-refractivity contribution in [1.82, 2.24) is 26.1 Å². The first kappa shape index (κ1) is 19.8. The van der Waals surface area contributed by atoms with Crippen LogP contribution in [-0.2, 0) is 0 Å². The van der Waals surface area contributed by atoms with Crippen LogP contribution in [0.15, 0.2) is 18.7 Å². The maximum Gasteiger partial charge on any atom is 0.268 e. The SMILES string of the molecule is CC(C)CC(C)(C)N[C@@H]1C[C@H](NNC(=O)c2cncnc2)CC[C@H]1O. The van der Waals surface area contributed by atoms with Crippen molar-refractivity contribution in [2.24, 2.45) is 5.92 Å². The minimum absolute atomic E-state index is 0.0111. The standard InChI is InChI=1S/C18H31N5O2/c1-12(2)8-18(3,4)21-15-7-14(5-6-16(15)24)22-23-17(25)13-9-19-11-20-10-13/h9-12,14-16,21-22,24H,5-8H2,1-4H3,(H,23,25)/t14-,15-,16-/m1/s1. The fourth-order valence-electron chi connectivity index (χ4n) is 3.68. The Morgan fingerprint density at radius 1 is 1.32 bits per heavy atom. The Morgan fingerprint density at radius 3 is 2.64 bits per heavy atom. The van der Waals surface area contributed by atoms with Crippen LogP contribution < -0.4 is 16.2 Å². The first-order valence-electron chi connectivity index (χ1n) is 9.03. The van der Waals surface area contributed by atoms with Gasteiger partial charge >= 0.3 is 0 Å². The summed E-state index contributed by atoms with van der Waals surface area (Å²) in [6.07, 6.45) is 7.31. The van der Waals surface area contributed by atoms with Gasteiger partial charge < -0.3 is 10.4 Å². The van der Waals surface area contributed by atoms with Crippen LogP contribution in [0, 0.1) is 5.92 Å². The highest BCUT2D eigenvalue weighted by Crippen LogP contribution is 2.24. The van der Waals surface area contributed by atoms with Gasteiger partial charge in [-0.3, -0.25) is 10.2 Å². The van der Waals surface area contributed by atoms with Crippen molar-refractivity contribution in [1.29, 1.82) is 0 Å². The second-order valence-electron chi connectivity index (χ2n) is 8.04. The number of aliphatic hydroxyl groups excluding tert-OH is 1. The molecule has 0 aromatic carbocycles. The van der Waals surface area contributed by atoms with Crippen LogP contribution >= 0.6 is 0 Å². The number of aromatic nitrogens is 2. The molecule has 1 aromatic heterocycles. The van der Waals surface area contributed by atoms with Crippen molar-refractivity contribution in [2.75, 3.05) is 0 Å². The zero-order valence-corrected chi connectivity index (χ0v) is 15.6. The first-order chi connectivity index (χ1) is 11.8. The molecular weight excluding hydrogens is 318 g/mol. The summed E-state index contributed by atoms with van der Waals surface area (Å²) in [5.41, 5.74) is 6.19. The Hall–Kier alpha value is -1.57. The number of nitrogens with zero attached hydrogens (tertiary/aromatic N) is 2. The van der Waals surface area contributed by atoms with Crippen LogP contribution in [-0.4, -0.2) is 44.7 Å². The zero-order chi connectivity index (χ0) is 18.4. The smallest absolute Gasteiger partial charge is 0.268 e. The van der Waals surface area contributed by atoms with Gasteiger partial charge in [-0.2, -0.15) is 0 Å². The molecule has 2 rings (SSSR count). The summed E-state index contributed by atoms with van der Waals surface area (Å²) in [6, 6.07) is 0.126. The number of carbonyl (C=O) groups excluding carboxylic acids is 1. The minimum Gasteiger partial charge on any atom is -0.392 e. The number of rotatable bonds is 7. The van der Waals surface area contributed by atoms with Crippen LogP contribution in [0.4, 0.5) is 0 Å². The molecule has 25 heavy (non-hydrogen) atoms. The molecule has 1 aliphatic carbocycles. The lowest BCUT2D eigenvalue weighted by molar-refractivity contribution is 0.0573. The minimum atomic E-state index is -0.359. The van der Waals surface area contributed by atoms with Crippen molar-refractivity contribution >= 4 is 5.91 Å². The number of hydrogen-bond acceptors (Lipinski definition) is 6. The molecule has 7 nitrogen and oxygen atoms in total. The Morgan fingerprint density at radius 2 is 2.00 bits per heavy atom. The Bertz CT molecular complexity index is 550. The third-order valence-electron chi connectivity index (χ3n) is 4.52. The van der Waals surface area contributed by atoms with E-state index in [4.69, 9.17) is 0 Å². The molecule has 1 heterocycles. The number of hydrogen-bond donors (Lipinski definition) is 4. The Balaban J connectivity index is 1.86. The fourth-order valence-corrected chi connectivity index (χ4v) is 3.68. The van der Waals surface area contributed by atoms with E-state index in [1.54, 1.807) is 0 Å². The topological polar surface area (TPSA) is 99.2 Å². The number of aliphatic hydroxyl groups is 1. The summed E-state index contributed by atoms with van der Waals surface area (Å²) in [6.45, 7) is 8.75. The number of hydrazine groups is 1. The van der Waals surface area contributed by atoms with E-state index in [1.807, 2.05) is 0 Å². The van der Waals surface area contributed by atoms with Crippen LogP contribution in [0.3, 0.4) is 0 Å². The molecule has 0 spiro atoms. The van der Waals surface area contributed by atoms with E-state index in [9.17, 15) is 9.90 Å². The van der Waals surface area contributed by atoms with E-state index in [-0.39, 0.29) is 29.6 Å². The van der Waals surface area contributed by atoms with Gasteiger partial charge in [-0.05, 0) is 45.4 Å². The second-order valence-corrected chi connectivity index (χ2v) is 8.04. The van der Waals surface area contributed by atoms with Gasteiger partial charge in [0.15, 0.2) is 0 Å². The van der Waals surface area contributed by atoms with Gasteiger partial charge in [0.25, 0.3) is 5.91 Å². The van der Waals surface area contributed by atoms with E-state index in [2.05, 4.69) is 53.8 Å². The maximum atomic E-state index is 12.1.